The molecule has 3 aromatic rings. The molecule has 0 N–H and O–H groups in total. The fourth-order valence-electron chi connectivity index (χ4n) is 3.41. The van der Waals surface area contributed by atoms with Crippen molar-refractivity contribution < 1.29 is 0 Å². The van der Waals surface area contributed by atoms with Gasteiger partial charge in [-0.05, 0) is 55.2 Å². The standard InChI is InChI=1S/C25H27Cl/c26-25(19-16-22-10-4-1-5-11-22,20-17-23-12-6-2-7-13-23)21-18-24-14-8-3-9-15-24/h1-15H,16-21H2. The Bertz CT molecular complexity index is 644. The fourth-order valence-corrected chi connectivity index (χ4v) is 3.70. The second-order valence-corrected chi connectivity index (χ2v) is 7.91. The molecule has 0 saturated heterocycles. The maximum atomic E-state index is 7.19. The first-order valence-electron chi connectivity index (χ1n) is 9.54. The van der Waals surface area contributed by atoms with E-state index in [-0.39, 0.29) is 4.87 Å². The normalized spacial score (nSPS) is 11.4. The Morgan fingerprint density at radius 3 is 1.00 bits per heavy atom. The average Bonchev–Trinajstić information content (AvgIpc) is 2.72. The molecule has 3 aromatic carbocycles. The Balaban J connectivity index is 1.64. The number of benzene rings is 3. The van der Waals surface area contributed by atoms with Crippen molar-refractivity contribution in [1.29, 1.82) is 0 Å². The van der Waals surface area contributed by atoms with E-state index < -0.39 is 0 Å². The third-order valence-corrected chi connectivity index (χ3v) is 5.68. The van der Waals surface area contributed by atoms with Gasteiger partial charge in [-0.15, -0.1) is 11.6 Å². The van der Waals surface area contributed by atoms with E-state index in [1.807, 2.05) is 0 Å². The van der Waals surface area contributed by atoms with Gasteiger partial charge in [0.05, 0.1) is 0 Å². The van der Waals surface area contributed by atoms with Gasteiger partial charge in [-0.2, -0.15) is 0 Å². The molecule has 0 aliphatic carbocycles. The van der Waals surface area contributed by atoms with Crippen LogP contribution in [0.4, 0.5) is 0 Å². The summed E-state index contributed by atoms with van der Waals surface area (Å²) in [6.45, 7) is 0. The van der Waals surface area contributed by atoms with Gasteiger partial charge in [-0.1, -0.05) is 91.0 Å². The second kappa shape index (κ2) is 9.59. The van der Waals surface area contributed by atoms with Gasteiger partial charge in [0.25, 0.3) is 0 Å². The van der Waals surface area contributed by atoms with Crippen LogP contribution in [0.1, 0.15) is 36.0 Å². The van der Waals surface area contributed by atoms with Gasteiger partial charge in [0, 0.05) is 4.87 Å². The summed E-state index contributed by atoms with van der Waals surface area (Å²) in [6.07, 6.45) is 6.14. The molecular formula is C25H27Cl. The zero-order chi connectivity index (χ0) is 18.1. The molecule has 0 radical (unpaired) electrons. The first-order valence-corrected chi connectivity index (χ1v) is 9.92. The maximum absolute atomic E-state index is 7.19. The molecule has 0 aliphatic rings. The van der Waals surface area contributed by atoms with Crippen LogP contribution < -0.4 is 0 Å². The topological polar surface area (TPSA) is 0 Å². The highest BCUT2D eigenvalue weighted by Crippen LogP contribution is 2.33. The lowest BCUT2D eigenvalue weighted by molar-refractivity contribution is 0.458. The predicted octanol–water partition coefficient (Wildman–Crippen LogP) is 6.86. The summed E-state index contributed by atoms with van der Waals surface area (Å²) >= 11 is 7.19. The van der Waals surface area contributed by atoms with E-state index in [2.05, 4.69) is 91.0 Å². The van der Waals surface area contributed by atoms with Crippen molar-refractivity contribution in [3.8, 4) is 0 Å². The van der Waals surface area contributed by atoms with E-state index in [1.54, 1.807) is 0 Å². The van der Waals surface area contributed by atoms with Crippen molar-refractivity contribution in [3.05, 3.63) is 108 Å². The van der Waals surface area contributed by atoms with Crippen LogP contribution in [-0.2, 0) is 19.3 Å². The molecule has 0 aromatic heterocycles. The summed E-state index contributed by atoms with van der Waals surface area (Å²) < 4.78 is 0. The van der Waals surface area contributed by atoms with Gasteiger partial charge in [-0.25, -0.2) is 0 Å². The van der Waals surface area contributed by atoms with E-state index >= 15 is 0 Å². The first kappa shape index (κ1) is 18.7. The Labute approximate surface area is 162 Å². The highest BCUT2D eigenvalue weighted by molar-refractivity contribution is 6.23. The van der Waals surface area contributed by atoms with Crippen molar-refractivity contribution in [1.82, 2.24) is 0 Å². The summed E-state index contributed by atoms with van der Waals surface area (Å²) in [5, 5.41) is 0. The molecule has 0 aliphatic heterocycles. The van der Waals surface area contributed by atoms with E-state index in [9.17, 15) is 0 Å². The minimum atomic E-state index is -0.165. The molecule has 0 saturated carbocycles. The average molecular weight is 363 g/mol. The van der Waals surface area contributed by atoms with Crippen LogP contribution in [0.2, 0.25) is 0 Å². The number of alkyl halides is 1. The molecule has 0 atom stereocenters. The first-order chi connectivity index (χ1) is 12.7. The van der Waals surface area contributed by atoms with E-state index in [1.165, 1.54) is 16.7 Å². The fraction of sp³-hybridized carbons (Fsp3) is 0.280. The molecule has 26 heavy (non-hydrogen) atoms. The smallest absolute Gasteiger partial charge is 0.0456 e. The Morgan fingerprint density at radius 2 is 0.731 bits per heavy atom. The summed E-state index contributed by atoms with van der Waals surface area (Å²) in [5.41, 5.74) is 4.12. The summed E-state index contributed by atoms with van der Waals surface area (Å²) in [4.78, 5) is -0.165. The SMILES string of the molecule is ClC(CCc1ccccc1)(CCc1ccccc1)CCc1ccccc1. The summed E-state index contributed by atoms with van der Waals surface area (Å²) in [6, 6.07) is 32.1. The zero-order valence-corrected chi connectivity index (χ0v) is 16.0. The Hall–Kier alpha value is -2.05. The predicted molar refractivity (Wildman–Crippen MR) is 113 cm³/mol. The molecule has 0 unspecified atom stereocenters. The largest absolute Gasteiger partial charge is 0.119 e. The number of hydrogen-bond acceptors (Lipinski definition) is 0. The molecule has 0 spiro atoms. The van der Waals surface area contributed by atoms with E-state index in [0.717, 1.165) is 38.5 Å². The monoisotopic (exact) mass is 362 g/mol. The van der Waals surface area contributed by atoms with Crippen LogP contribution in [0.3, 0.4) is 0 Å². The summed E-state index contributed by atoms with van der Waals surface area (Å²) in [5.74, 6) is 0. The van der Waals surface area contributed by atoms with Crippen LogP contribution in [0.5, 0.6) is 0 Å². The highest BCUT2D eigenvalue weighted by Gasteiger charge is 2.26. The second-order valence-electron chi connectivity index (χ2n) is 7.11. The highest BCUT2D eigenvalue weighted by atomic mass is 35.5. The van der Waals surface area contributed by atoms with Gasteiger partial charge in [-0.3, -0.25) is 0 Å². The maximum Gasteiger partial charge on any atom is 0.0456 e. The lowest BCUT2D eigenvalue weighted by Gasteiger charge is -2.28. The molecular weight excluding hydrogens is 336 g/mol. The van der Waals surface area contributed by atoms with Crippen LogP contribution in [-0.4, -0.2) is 4.87 Å². The lowest BCUT2D eigenvalue weighted by Crippen LogP contribution is -2.24. The van der Waals surface area contributed by atoms with Gasteiger partial charge < -0.3 is 0 Å². The molecule has 1 heteroatoms. The molecule has 0 fully saturated rings. The number of hydrogen-bond donors (Lipinski definition) is 0. The van der Waals surface area contributed by atoms with E-state index in [0.29, 0.717) is 0 Å². The van der Waals surface area contributed by atoms with Crippen molar-refractivity contribution in [2.24, 2.45) is 0 Å². The van der Waals surface area contributed by atoms with Gasteiger partial charge in [0.15, 0.2) is 0 Å². The number of rotatable bonds is 9. The minimum Gasteiger partial charge on any atom is -0.119 e. The molecule has 0 bridgehead atoms. The summed E-state index contributed by atoms with van der Waals surface area (Å²) in [7, 11) is 0. The molecule has 0 nitrogen and oxygen atoms in total. The van der Waals surface area contributed by atoms with Gasteiger partial charge >= 0.3 is 0 Å². The lowest BCUT2D eigenvalue weighted by atomic mass is 9.87. The van der Waals surface area contributed by atoms with Crippen LogP contribution in [0.15, 0.2) is 91.0 Å². The third kappa shape index (κ3) is 6.04. The van der Waals surface area contributed by atoms with Crippen molar-refractivity contribution in [2.45, 2.75) is 43.4 Å². The molecule has 0 amide bonds. The quantitative estimate of drug-likeness (QED) is 0.364. The van der Waals surface area contributed by atoms with Crippen molar-refractivity contribution >= 4 is 11.6 Å². The molecule has 3 rings (SSSR count). The van der Waals surface area contributed by atoms with Crippen LogP contribution in [0.25, 0.3) is 0 Å². The van der Waals surface area contributed by atoms with Gasteiger partial charge in [0.1, 0.15) is 0 Å². The minimum absolute atomic E-state index is 0.165. The molecule has 134 valence electrons. The van der Waals surface area contributed by atoms with Gasteiger partial charge in [0.2, 0.25) is 0 Å². The zero-order valence-electron chi connectivity index (χ0n) is 15.3. The third-order valence-electron chi connectivity index (χ3n) is 5.11. The van der Waals surface area contributed by atoms with Crippen molar-refractivity contribution in [2.75, 3.05) is 0 Å². The van der Waals surface area contributed by atoms with Crippen LogP contribution in [0, 0.1) is 0 Å². The van der Waals surface area contributed by atoms with Crippen molar-refractivity contribution in [3.63, 3.8) is 0 Å². The Kier molecular flexibility index (Phi) is 6.91. The van der Waals surface area contributed by atoms with E-state index in [4.69, 9.17) is 11.6 Å². The number of aryl methyl sites for hydroxylation is 3. The van der Waals surface area contributed by atoms with Crippen LogP contribution >= 0.6 is 11.6 Å². The Morgan fingerprint density at radius 1 is 0.462 bits per heavy atom. The number of halogens is 1. The molecule has 0 heterocycles.